The fourth-order valence-electron chi connectivity index (χ4n) is 1.63. The molecule has 0 aliphatic rings. The van der Waals surface area contributed by atoms with E-state index in [0.29, 0.717) is 22.8 Å². The molecular weight excluding hydrogens is 288 g/mol. The Morgan fingerprint density at radius 3 is 2.63 bits per heavy atom. The number of hydrogen-bond acceptors (Lipinski definition) is 4. The normalized spacial score (nSPS) is 11.3. The van der Waals surface area contributed by atoms with Gasteiger partial charge in [-0.3, -0.25) is 4.79 Å². The van der Waals surface area contributed by atoms with E-state index in [1.54, 1.807) is 25.1 Å². The highest BCUT2D eigenvalue weighted by Crippen LogP contribution is 2.24. The number of carbonyl (C=O) groups excluding carboxylic acids is 1. The van der Waals surface area contributed by atoms with E-state index in [9.17, 15) is 13.2 Å². The fourth-order valence-corrected chi connectivity index (χ4v) is 2.66. The first kappa shape index (κ1) is 16.0. The maximum atomic E-state index is 12.0. The van der Waals surface area contributed by atoms with Crippen LogP contribution in [0.4, 0.5) is 0 Å². The molecule has 0 fully saturated rings. The number of benzene rings is 1. The Bertz CT molecular complexity index is 552. The summed E-state index contributed by atoms with van der Waals surface area (Å²) in [6.45, 7) is 1.60. The predicted octanol–water partition coefficient (Wildman–Crippen LogP) is 2.75. The summed E-state index contributed by atoms with van der Waals surface area (Å²) in [6, 6.07) is 4.77. The second-order valence-corrected chi connectivity index (χ2v) is 7.02. The van der Waals surface area contributed by atoms with Crippen LogP contribution in [0.15, 0.2) is 18.2 Å². The molecule has 1 aromatic rings. The summed E-state index contributed by atoms with van der Waals surface area (Å²) in [5, 5.41) is 0.488. The Morgan fingerprint density at radius 1 is 1.37 bits per heavy atom. The van der Waals surface area contributed by atoms with Gasteiger partial charge in [0.05, 0.1) is 18.4 Å². The lowest BCUT2D eigenvalue weighted by atomic mass is 10.1. The van der Waals surface area contributed by atoms with Crippen LogP contribution in [0.25, 0.3) is 0 Å². The minimum atomic E-state index is -3.02. The van der Waals surface area contributed by atoms with Crippen molar-refractivity contribution in [1.29, 1.82) is 0 Å². The molecule has 0 saturated heterocycles. The van der Waals surface area contributed by atoms with E-state index in [1.807, 2.05) is 0 Å². The van der Waals surface area contributed by atoms with Gasteiger partial charge in [0.2, 0.25) is 0 Å². The summed E-state index contributed by atoms with van der Waals surface area (Å²) in [4.78, 5) is 12.0. The largest absolute Gasteiger partial charge is 0.496 e. The number of ether oxygens (including phenoxy) is 1. The fraction of sp³-hybridized carbons (Fsp3) is 0.462. The van der Waals surface area contributed by atoms with Crippen molar-refractivity contribution in [2.75, 3.05) is 18.6 Å². The van der Waals surface area contributed by atoms with E-state index in [2.05, 4.69) is 0 Å². The SMILES string of the molecule is CCS(=O)(=O)CCCC(=O)c1ccc(Cl)cc1OC. The van der Waals surface area contributed by atoms with Crippen molar-refractivity contribution in [3.05, 3.63) is 28.8 Å². The average molecular weight is 305 g/mol. The molecule has 19 heavy (non-hydrogen) atoms. The van der Waals surface area contributed by atoms with Crippen molar-refractivity contribution >= 4 is 27.2 Å². The maximum absolute atomic E-state index is 12.0. The number of halogens is 1. The molecular formula is C13H17ClO4S. The molecule has 6 heteroatoms. The Balaban J connectivity index is 2.69. The van der Waals surface area contributed by atoms with Gasteiger partial charge < -0.3 is 4.74 Å². The van der Waals surface area contributed by atoms with Crippen LogP contribution in [-0.2, 0) is 9.84 Å². The van der Waals surface area contributed by atoms with Gasteiger partial charge in [0, 0.05) is 17.2 Å². The number of rotatable bonds is 7. The second-order valence-electron chi connectivity index (χ2n) is 4.11. The van der Waals surface area contributed by atoms with Gasteiger partial charge in [-0.25, -0.2) is 8.42 Å². The van der Waals surface area contributed by atoms with Crippen LogP contribution < -0.4 is 4.74 Å². The van der Waals surface area contributed by atoms with Gasteiger partial charge >= 0.3 is 0 Å². The van der Waals surface area contributed by atoms with Crippen molar-refractivity contribution in [3.63, 3.8) is 0 Å². The number of hydrogen-bond donors (Lipinski definition) is 0. The van der Waals surface area contributed by atoms with E-state index >= 15 is 0 Å². The Kier molecular flexibility index (Phi) is 5.82. The zero-order chi connectivity index (χ0) is 14.5. The number of Topliss-reactive ketones (excluding diaryl/α,β-unsaturated/α-hetero) is 1. The van der Waals surface area contributed by atoms with Crippen molar-refractivity contribution in [2.24, 2.45) is 0 Å². The summed E-state index contributed by atoms with van der Waals surface area (Å²) < 4.78 is 27.8. The molecule has 0 unspecified atom stereocenters. The molecule has 0 radical (unpaired) electrons. The van der Waals surface area contributed by atoms with Crippen LogP contribution in [0.3, 0.4) is 0 Å². The molecule has 1 aromatic carbocycles. The van der Waals surface area contributed by atoms with Gasteiger partial charge in [0.15, 0.2) is 5.78 Å². The second kappa shape index (κ2) is 6.91. The molecule has 0 aliphatic carbocycles. The quantitative estimate of drug-likeness (QED) is 0.727. The van der Waals surface area contributed by atoms with E-state index < -0.39 is 9.84 Å². The van der Waals surface area contributed by atoms with Crippen molar-refractivity contribution in [1.82, 2.24) is 0 Å². The van der Waals surface area contributed by atoms with Crippen LogP contribution in [0.5, 0.6) is 5.75 Å². The van der Waals surface area contributed by atoms with Crippen LogP contribution in [-0.4, -0.2) is 32.8 Å². The topological polar surface area (TPSA) is 60.4 Å². The van der Waals surface area contributed by atoms with E-state index in [-0.39, 0.29) is 23.7 Å². The molecule has 0 aromatic heterocycles. The lowest BCUT2D eigenvalue weighted by Gasteiger charge is -2.08. The van der Waals surface area contributed by atoms with Crippen LogP contribution in [0.1, 0.15) is 30.1 Å². The zero-order valence-electron chi connectivity index (χ0n) is 11.0. The summed E-state index contributed by atoms with van der Waals surface area (Å²) in [5.41, 5.74) is 0.431. The number of methoxy groups -OCH3 is 1. The van der Waals surface area contributed by atoms with Crippen LogP contribution >= 0.6 is 11.6 Å². The van der Waals surface area contributed by atoms with Crippen molar-refractivity contribution in [2.45, 2.75) is 19.8 Å². The highest BCUT2D eigenvalue weighted by molar-refractivity contribution is 7.91. The lowest BCUT2D eigenvalue weighted by molar-refractivity contribution is 0.0979. The van der Waals surface area contributed by atoms with Gasteiger partial charge in [0.1, 0.15) is 15.6 Å². The van der Waals surface area contributed by atoms with Crippen molar-refractivity contribution < 1.29 is 17.9 Å². The van der Waals surface area contributed by atoms with E-state index in [4.69, 9.17) is 16.3 Å². The Labute approximate surface area is 118 Å². The summed E-state index contributed by atoms with van der Waals surface area (Å²) in [6.07, 6.45) is 0.498. The third-order valence-corrected chi connectivity index (χ3v) is 4.79. The molecule has 0 heterocycles. The first-order valence-electron chi connectivity index (χ1n) is 5.96. The molecule has 1 rings (SSSR count). The number of sulfone groups is 1. The maximum Gasteiger partial charge on any atom is 0.166 e. The van der Waals surface area contributed by atoms with Crippen LogP contribution in [0, 0.1) is 0 Å². The molecule has 0 aliphatic heterocycles. The van der Waals surface area contributed by atoms with Gasteiger partial charge in [-0.2, -0.15) is 0 Å². The molecule has 0 spiro atoms. The smallest absolute Gasteiger partial charge is 0.166 e. The third kappa shape index (κ3) is 4.84. The zero-order valence-corrected chi connectivity index (χ0v) is 12.6. The molecule has 0 N–H and O–H groups in total. The predicted molar refractivity (Wildman–Crippen MR) is 75.9 cm³/mol. The van der Waals surface area contributed by atoms with Crippen molar-refractivity contribution in [3.8, 4) is 5.75 Å². The Hall–Kier alpha value is -1.07. The van der Waals surface area contributed by atoms with Gasteiger partial charge in [0.25, 0.3) is 0 Å². The summed E-state index contributed by atoms with van der Waals surface area (Å²) >= 11 is 5.81. The average Bonchev–Trinajstić information content (AvgIpc) is 2.38. The molecule has 4 nitrogen and oxygen atoms in total. The molecule has 0 saturated carbocycles. The first-order chi connectivity index (χ1) is 8.89. The minimum absolute atomic E-state index is 0.0329. The molecule has 0 atom stereocenters. The highest BCUT2D eigenvalue weighted by atomic mass is 35.5. The van der Waals surface area contributed by atoms with Crippen LogP contribution in [0.2, 0.25) is 5.02 Å². The van der Waals surface area contributed by atoms with E-state index in [0.717, 1.165) is 0 Å². The number of carbonyl (C=O) groups is 1. The first-order valence-corrected chi connectivity index (χ1v) is 8.16. The lowest BCUT2D eigenvalue weighted by Crippen LogP contribution is -2.11. The Morgan fingerprint density at radius 2 is 2.05 bits per heavy atom. The minimum Gasteiger partial charge on any atom is -0.496 e. The highest BCUT2D eigenvalue weighted by Gasteiger charge is 2.14. The van der Waals surface area contributed by atoms with Gasteiger partial charge in [-0.1, -0.05) is 18.5 Å². The third-order valence-electron chi connectivity index (χ3n) is 2.76. The summed E-state index contributed by atoms with van der Waals surface area (Å²) in [5.74, 6) is 0.409. The monoisotopic (exact) mass is 304 g/mol. The molecule has 0 bridgehead atoms. The standard InChI is InChI=1S/C13H17ClO4S/c1-3-19(16,17)8-4-5-12(15)11-7-6-10(14)9-13(11)18-2/h6-7,9H,3-5,8H2,1-2H3. The van der Waals surface area contributed by atoms with Gasteiger partial charge in [-0.05, 0) is 24.6 Å². The van der Waals surface area contributed by atoms with Gasteiger partial charge in [-0.15, -0.1) is 0 Å². The van der Waals surface area contributed by atoms with E-state index in [1.165, 1.54) is 7.11 Å². The molecule has 0 amide bonds. The number of ketones is 1. The molecule has 106 valence electrons. The summed E-state index contributed by atoms with van der Waals surface area (Å²) in [7, 11) is -1.56.